The number of hydrogen-bond donors (Lipinski definition) is 1. The number of amides is 1. The van der Waals surface area contributed by atoms with Gasteiger partial charge in [0, 0.05) is 23.5 Å². The predicted octanol–water partition coefficient (Wildman–Crippen LogP) is 3.86. The van der Waals surface area contributed by atoms with Crippen LogP contribution < -0.4 is 10.2 Å². The van der Waals surface area contributed by atoms with Gasteiger partial charge in [0.25, 0.3) is 5.91 Å². The van der Waals surface area contributed by atoms with E-state index in [0.717, 1.165) is 36.7 Å². The van der Waals surface area contributed by atoms with Crippen LogP contribution in [0.15, 0.2) is 48.5 Å². The number of nitrogens with one attached hydrogen (secondary N) is 1. The first kappa shape index (κ1) is 16.5. The minimum Gasteiger partial charge on any atom is -0.377 e. The van der Waals surface area contributed by atoms with Crippen LogP contribution in [0, 0.1) is 6.92 Å². The fourth-order valence-corrected chi connectivity index (χ4v) is 3.05. The van der Waals surface area contributed by atoms with Gasteiger partial charge in [-0.3, -0.25) is 4.79 Å². The zero-order valence-electron chi connectivity index (χ0n) is 14.5. The Balaban J connectivity index is 1.72. The number of ether oxygens (including phenoxy) is 1. The van der Waals surface area contributed by atoms with Gasteiger partial charge in [0.05, 0.1) is 18.8 Å². The normalized spacial score (nSPS) is 16.7. The molecule has 0 radical (unpaired) electrons. The molecule has 126 valence electrons. The first-order valence-electron chi connectivity index (χ1n) is 8.29. The number of anilines is 2. The van der Waals surface area contributed by atoms with E-state index in [2.05, 4.69) is 36.2 Å². The largest absolute Gasteiger partial charge is 0.377 e. The molecular weight excluding hydrogens is 300 g/mol. The van der Waals surface area contributed by atoms with Gasteiger partial charge >= 0.3 is 0 Å². The number of benzene rings is 2. The van der Waals surface area contributed by atoms with Gasteiger partial charge in [-0.15, -0.1) is 0 Å². The number of hydrogen-bond acceptors (Lipinski definition) is 3. The topological polar surface area (TPSA) is 41.6 Å². The summed E-state index contributed by atoms with van der Waals surface area (Å²) in [4.78, 5) is 14.7. The Morgan fingerprint density at radius 2 is 1.92 bits per heavy atom. The molecule has 0 spiro atoms. The number of rotatable bonds is 3. The lowest BCUT2D eigenvalue weighted by Crippen LogP contribution is -2.53. The molecule has 1 saturated heterocycles. The molecule has 24 heavy (non-hydrogen) atoms. The van der Waals surface area contributed by atoms with Gasteiger partial charge in [0.2, 0.25) is 0 Å². The fourth-order valence-electron chi connectivity index (χ4n) is 3.05. The van der Waals surface area contributed by atoms with Crippen LogP contribution in [0.4, 0.5) is 11.4 Å². The van der Waals surface area contributed by atoms with E-state index in [0.29, 0.717) is 5.56 Å². The first-order valence-corrected chi connectivity index (χ1v) is 8.29. The summed E-state index contributed by atoms with van der Waals surface area (Å²) in [5.41, 5.74) is 3.68. The highest BCUT2D eigenvalue weighted by atomic mass is 16.5. The quantitative estimate of drug-likeness (QED) is 0.932. The summed E-state index contributed by atoms with van der Waals surface area (Å²) >= 11 is 0. The average molecular weight is 324 g/mol. The molecule has 4 heteroatoms. The lowest BCUT2D eigenvalue weighted by Gasteiger charge is -2.43. The maximum absolute atomic E-state index is 12.3. The highest BCUT2D eigenvalue weighted by Crippen LogP contribution is 2.28. The Morgan fingerprint density at radius 3 is 2.58 bits per heavy atom. The summed E-state index contributed by atoms with van der Waals surface area (Å²) in [5, 5.41) is 2.95. The van der Waals surface area contributed by atoms with Crippen molar-refractivity contribution in [2.75, 3.05) is 30.0 Å². The van der Waals surface area contributed by atoms with Gasteiger partial charge in [-0.1, -0.05) is 17.7 Å². The van der Waals surface area contributed by atoms with Gasteiger partial charge in [-0.2, -0.15) is 0 Å². The molecular formula is C20H24N2O2. The van der Waals surface area contributed by atoms with E-state index >= 15 is 0 Å². The number of morpholine rings is 1. The Labute approximate surface area is 143 Å². The van der Waals surface area contributed by atoms with Crippen LogP contribution in [0.2, 0.25) is 0 Å². The minimum absolute atomic E-state index is 0.0232. The van der Waals surface area contributed by atoms with Crippen molar-refractivity contribution in [3.05, 3.63) is 59.7 Å². The summed E-state index contributed by atoms with van der Waals surface area (Å²) in [6.07, 6.45) is 0. The highest BCUT2D eigenvalue weighted by Gasteiger charge is 2.30. The molecule has 0 atom stereocenters. The van der Waals surface area contributed by atoms with Crippen LogP contribution in [0.25, 0.3) is 0 Å². The standard InChI is InChI=1S/C20H24N2O2/c1-15-5-4-6-16(13-15)19(23)21-17-7-9-18(10-8-17)22-11-12-24-14-20(22,2)3/h4-10,13H,11-12,14H2,1-3H3,(H,21,23). The third kappa shape index (κ3) is 3.60. The average Bonchev–Trinajstić information content (AvgIpc) is 2.55. The zero-order valence-corrected chi connectivity index (χ0v) is 14.5. The maximum atomic E-state index is 12.3. The molecule has 1 amide bonds. The molecule has 0 aromatic heterocycles. The van der Waals surface area contributed by atoms with Gasteiger partial charge < -0.3 is 15.0 Å². The smallest absolute Gasteiger partial charge is 0.255 e. The summed E-state index contributed by atoms with van der Waals surface area (Å²) in [6, 6.07) is 15.6. The first-order chi connectivity index (χ1) is 11.5. The number of carbonyl (C=O) groups is 1. The van der Waals surface area contributed by atoms with Crippen molar-refractivity contribution in [2.24, 2.45) is 0 Å². The van der Waals surface area contributed by atoms with E-state index in [4.69, 9.17) is 4.74 Å². The van der Waals surface area contributed by atoms with Crippen molar-refractivity contribution in [3.8, 4) is 0 Å². The molecule has 0 unspecified atom stereocenters. The molecule has 0 aliphatic carbocycles. The van der Waals surface area contributed by atoms with E-state index in [1.165, 1.54) is 0 Å². The molecule has 1 aliphatic rings. The van der Waals surface area contributed by atoms with Crippen molar-refractivity contribution >= 4 is 17.3 Å². The summed E-state index contributed by atoms with van der Waals surface area (Å²) in [7, 11) is 0. The molecule has 0 bridgehead atoms. The Morgan fingerprint density at radius 1 is 1.17 bits per heavy atom. The Kier molecular flexibility index (Phi) is 4.58. The van der Waals surface area contributed by atoms with E-state index in [1.54, 1.807) is 0 Å². The van der Waals surface area contributed by atoms with E-state index in [-0.39, 0.29) is 11.4 Å². The number of carbonyl (C=O) groups excluding carboxylic acids is 1. The van der Waals surface area contributed by atoms with Crippen molar-refractivity contribution in [3.63, 3.8) is 0 Å². The lowest BCUT2D eigenvalue weighted by atomic mass is 10.0. The number of nitrogens with zero attached hydrogens (tertiary/aromatic N) is 1. The molecule has 3 rings (SSSR count). The second kappa shape index (κ2) is 6.65. The summed E-state index contributed by atoms with van der Waals surface area (Å²) < 4.78 is 5.57. The monoisotopic (exact) mass is 324 g/mol. The third-order valence-electron chi connectivity index (χ3n) is 4.36. The van der Waals surface area contributed by atoms with Crippen molar-refractivity contribution in [1.29, 1.82) is 0 Å². The van der Waals surface area contributed by atoms with Crippen molar-refractivity contribution in [2.45, 2.75) is 26.3 Å². The summed E-state index contributed by atoms with van der Waals surface area (Å²) in [6.45, 7) is 8.69. The van der Waals surface area contributed by atoms with Gasteiger partial charge in [-0.05, 0) is 57.2 Å². The third-order valence-corrected chi connectivity index (χ3v) is 4.36. The van der Waals surface area contributed by atoms with E-state index in [1.807, 2.05) is 43.3 Å². The molecule has 0 saturated carbocycles. The Hall–Kier alpha value is -2.33. The SMILES string of the molecule is Cc1cccc(C(=O)Nc2ccc(N3CCOCC3(C)C)cc2)c1. The van der Waals surface area contributed by atoms with Crippen LogP contribution in [0.3, 0.4) is 0 Å². The van der Waals surface area contributed by atoms with Crippen molar-refractivity contribution < 1.29 is 9.53 Å². The number of aryl methyl sites for hydroxylation is 1. The molecule has 1 aliphatic heterocycles. The second-order valence-electron chi connectivity index (χ2n) is 6.89. The molecule has 1 heterocycles. The molecule has 2 aromatic carbocycles. The van der Waals surface area contributed by atoms with Crippen LogP contribution >= 0.6 is 0 Å². The second-order valence-corrected chi connectivity index (χ2v) is 6.89. The van der Waals surface area contributed by atoms with E-state index < -0.39 is 0 Å². The van der Waals surface area contributed by atoms with Crippen LogP contribution in [0.1, 0.15) is 29.8 Å². The highest BCUT2D eigenvalue weighted by molar-refractivity contribution is 6.04. The van der Waals surface area contributed by atoms with E-state index in [9.17, 15) is 4.79 Å². The van der Waals surface area contributed by atoms with Crippen molar-refractivity contribution in [1.82, 2.24) is 0 Å². The zero-order chi connectivity index (χ0) is 17.2. The van der Waals surface area contributed by atoms with Crippen LogP contribution in [0.5, 0.6) is 0 Å². The molecule has 2 aromatic rings. The maximum Gasteiger partial charge on any atom is 0.255 e. The van der Waals surface area contributed by atoms with Crippen LogP contribution in [-0.4, -0.2) is 31.2 Å². The van der Waals surface area contributed by atoms with Gasteiger partial charge in [0.15, 0.2) is 0 Å². The lowest BCUT2D eigenvalue weighted by molar-refractivity contribution is 0.0644. The predicted molar refractivity (Wildman–Crippen MR) is 97.8 cm³/mol. The summed E-state index contributed by atoms with van der Waals surface area (Å²) in [5.74, 6) is -0.0850. The van der Waals surface area contributed by atoms with Crippen LogP contribution in [-0.2, 0) is 4.74 Å². The molecule has 4 nitrogen and oxygen atoms in total. The fraction of sp³-hybridized carbons (Fsp3) is 0.350. The van der Waals surface area contributed by atoms with Gasteiger partial charge in [-0.25, -0.2) is 0 Å². The molecule has 1 fully saturated rings. The minimum atomic E-state index is -0.0850. The van der Waals surface area contributed by atoms with Gasteiger partial charge in [0.1, 0.15) is 0 Å². The molecule has 1 N–H and O–H groups in total. The Bertz CT molecular complexity index is 723.